The first-order valence-corrected chi connectivity index (χ1v) is 6.66. The molecule has 1 spiro atoms. The molecule has 3 saturated carbocycles. The van der Waals surface area contributed by atoms with E-state index in [-0.39, 0.29) is 0 Å². The van der Waals surface area contributed by atoms with Gasteiger partial charge in [-0.15, -0.1) is 0 Å². The van der Waals surface area contributed by atoms with Crippen LogP contribution in [-0.4, -0.2) is 0 Å². The Hall–Kier alpha value is -0.260. The summed E-state index contributed by atoms with van der Waals surface area (Å²) in [6.07, 6.45) is 7.18. The average Bonchev–Trinajstić information content (AvgIpc) is 2.57. The molecule has 4 atom stereocenters. The highest BCUT2D eigenvalue weighted by Gasteiger charge is 2.63. The van der Waals surface area contributed by atoms with E-state index in [0.717, 1.165) is 23.2 Å². The van der Waals surface area contributed by atoms with Crippen molar-refractivity contribution in [2.45, 2.75) is 52.9 Å². The van der Waals surface area contributed by atoms with E-state index in [0.29, 0.717) is 5.41 Å². The van der Waals surface area contributed by atoms with Gasteiger partial charge in [0.1, 0.15) is 0 Å². The molecule has 0 aromatic rings. The molecule has 0 N–H and O–H groups in total. The van der Waals surface area contributed by atoms with Gasteiger partial charge in [-0.25, -0.2) is 0 Å². The third-order valence-electron chi connectivity index (χ3n) is 6.35. The Balaban J connectivity index is 2.08. The molecule has 3 aliphatic carbocycles. The Morgan fingerprint density at radius 1 is 1.27 bits per heavy atom. The number of hydrogen-bond donors (Lipinski definition) is 0. The summed E-state index contributed by atoms with van der Waals surface area (Å²) in [7, 11) is 0. The van der Waals surface area contributed by atoms with Crippen molar-refractivity contribution in [1.82, 2.24) is 0 Å². The molecule has 0 aromatic heterocycles. The minimum absolute atomic E-state index is 0.540. The van der Waals surface area contributed by atoms with Gasteiger partial charge in [0.25, 0.3) is 0 Å². The van der Waals surface area contributed by atoms with Gasteiger partial charge in [-0.1, -0.05) is 32.9 Å². The van der Waals surface area contributed by atoms with Crippen molar-refractivity contribution < 1.29 is 0 Å². The zero-order valence-electron chi connectivity index (χ0n) is 10.5. The molecule has 15 heavy (non-hydrogen) atoms. The summed E-state index contributed by atoms with van der Waals surface area (Å²) in [5, 5.41) is 0. The summed E-state index contributed by atoms with van der Waals surface area (Å²) in [6, 6.07) is 0. The molecule has 0 nitrogen and oxygen atoms in total. The fourth-order valence-corrected chi connectivity index (χ4v) is 5.44. The summed E-state index contributed by atoms with van der Waals surface area (Å²) in [5.74, 6) is 2.79. The molecule has 0 aliphatic heterocycles. The predicted molar refractivity (Wildman–Crippen MR) is 64.6 cm³/mol. The van der Waals surface area contributed by atoms with Crippen molar-refractivity contribution in [3.63, 3.8) is 0 Å². The van der Waals surface area contributed by atoms with E-state index in [1.807, 2.05) is 0 Å². The highest BCUT2D eigenvalue weighted by Crippen LogP contribution is 2.72. The fraction of sp³-hybridized carbons (Fsp3) is 0.867. The van der Waals surface area contributed by atoms with Crippen LogP contribution in [0.1, 0.15) is 52.9 Å². The Morgan fingerprint density at radius 3 is 2.73 bits per heavy atom. The lowest BCUT2D eigenvalue weighted by Crippen LogP contribution is -2.30. The van der Waals surface area contributed by atoms with Gasteiger partial charge < -0.3 is 0 Å². The van der Waals surface area contributed by atoms with Crippen LogP contribution in [0.4, 0.5) is 0 Å². The zero-order chi connectivity index (χ0) is 10.8. The maximum Gasteiger partial charge on any atom is -0.0146 e. The first kappa shape index (κ1) is 9.93. The molecule has 3 rings (SSSR count). The Labute approximate surface area is 94.1 Å². The highest BCUT2D eigenvalue weighted by atomic mass is 14.7. The van der Waals surface area contributed by atoms with Crippen LogP contribution in [0.2, 0.25) is 0 Å². The van der Waals surface area contributed by atoms with Gasteiger partial charge in [-0.05, 0) is 60.7 Å². The molecular formula is C15H24. The van der Waals surface area contributed by atoms with Crippen molar-refractivity contribution in [3.05, 3.63) is 12.2 Å². The van der Waals surface area contributed by atoms with E-state index < -0.39 is 0 Å². The van der Waals surface area contributed by atoms with Crippen LogP contribution < -0.4 is 0 Å². The maximum absolute atomic E-state index is 4.34. The van der Waals surface area contributed by atoms with Gasteiger partial charge in [-0.3, -0.25) is 0 Å². The maximum atomic E-state index is 4.34. The Morgan fingerprint density at radius 2 is 2.00 bits per heavy atom. The number of allylic oxidation sites excluding steroid dienone is 1. The molecule has 0 aromatic carbocycles. The minimum atomic E-state index is 0.540. The van der Waals surface area contributed by atoms with Crippen molar-refractivity contribution in [1.29, 1.82) is 0 Å². The van der Waals surface area contributed by atoms with E-state index in [1.54, 1.807) is 5.57 Å². The summed E-state index contributed by atoms with van der Waals surface area (Å²) < 4.78 is 0. The van der Waals surface area contributed by atoms with Crippen molar-refractivity contribution in [2.75, 3.05) is 0 Å². The molecule has 3 aliphatic rings. The van der Waals surface area contributed by atoms with Crippen LogP contribution in [0.5, 0.6) is 0 Å². The second-order valence-electron chi connectivity index (χ2n) is 7.00. The molecule has 84 valence electrons. The topological polar surface area (TPSA) is 0 Å². The van der Waals surface area contributed by atoms with Gasteiger partial charge >= 0.3 is 0 Å². The van der Waals surface area contributed by atoms with Crippen LogP contribution in [0.15, 0.2) is 12.2 Å². The molecule has 2 bridgehead atoms. The molecule has 0 amide bonds. The van der Waals surface area contributed by atoms with Crippen LogP contribution >= 0.6 is 0 Å². The second kappa shape index (κ2) is 2.70. The van der Waals surface area contributed by atoms with E-state index in [4.69, 9.17) is 0 Å². The first-order chi connectivity index (χ1) is 6.98. The highest BCUT2D eigenvalue weighted by molar-refractivity contribution is 5.23. The molecule has 0 unspecified atom stereocenters. The van der Waals surface area contributed by atoms with Gasteiger partial charge in [0.2, 0.25) is 0 Å². The number of fused-ring (bicyclic) bond motifs is 1. The van der Waals surface area contributed by atoms with E-state index in [2.05, 4.69) is 27.4 Å². The number of hydrogen-bond acceptors (Lipinski definition) is 0. The lowest BCUT2D eigenvalue weighted by Gasteiger charge is -2.38. The lowest BCUT2D eigenvalue weighted by molar-refractivity contribution is 0.118. The Bertz CT molecular complexity index is 312. The smallest absolute Gasteiger partial charge is 0.0146 e. The molecule has 0 heteroatoms. The standard InChI is InChI=1S/C15H24/c1-10-7-8-15-9-12(10)14(3,4)13(15)6-5-11(15)2/h11-13H,1,5-9H2,2-4H3/t11-,12+,13-,15-/m1/s1. The predicted octanol–water partition coefficient (Wildman–Crippen LogP) is 4.42. The summed E-state index contributed by atoms with van der Waals surface area (Å²) in [4.78, 5) is 0. The molecule has 0 heterocycles. The quantitative estimate of drug-likeness (QED) is 0.513. The van der Waals surface area contributed by atoms with Crippen LogP contribution in [-0.2, 0) is 0 Å². The van der Waals surface area contributed by atoms with E-state index in [1.165, 1.54) is 32.1 Å². The average molecular weight is 204 g/mol. The van der Waals surface area contributed by atoms with Gasteiger partial charge in [0, 0.05) is 0 Å². The molecular weight excluding hydrogens is 180 g/mol. The lowest BCUT2D eigenvalue weighted by atomic mass is 9.67. The summed E-state index contributed by atoms with van der Waals surface area (Å²) in [5.41, 5.74) is 2.82. The first-order valence-electron chi connectivity index (χ1n) is 6.66. The minimum Gasteiger partial charge on any atom is -0.0996 e. The van der Waals surface area contributed by atoms with Crippen LogP contribution in [0.3, 0.4) is 0 Å². The summed E-state index contributed by atoms with van der Waals surface area (Å²) in [6.45, 7) is 11.9. The van der Waals surface area contributed by atoms with Gasteiger partial charge in [0.15, 0.2) is 0 Å². The third-order valence-corrected chi connectivity index (χ3v) is 6.35. The van der Waals surface area contributed by atoms with Crippen molar-refractivity contribution in [3.8, 4) is 0 Å². The molecule has 3 fully saturated rings. The van der Waals surface area contributed by atoms with E-state index in [9.17, 15) is 0 Å². The van der Waals surface area contributed by atoms with E-state index >= 15 is 0 Å². The zero-order valence-corrected chi connectivity index (χ0v) is 10.5. The monoisotopic (exact) mass is 204 g/mol. The third kappa shape index (κ3) is 0.990. The van der Waals surface area contributed by atoms with Crippen LogP contribution in [0, 0.1) is 28.6 Å². The van der Waals surface area contributed by atoms with Gasteiger partial charge in [-0.2, -0.15) is 0 Å². The van der Waals surface area contributed by atoms with Crippen molar-refractivity contribution in [2.24, 2.45) is 28.6 Å². The molecule has 0 saturated heterocycles. The fourth-order valence-electron chi connectivity index (χ4n) is 5.44. The number of rotatable bonds is 0. The Kier molecular flexibility index (Phi) is 1.79. The van der Waals surface area contributed by atoms with Crippen molar-refractivity contribution >= 4 is 0 Å². The molecule has 0 radical (unpaired) electrons. The largest absolute Gasteiger partial charge is 0.0996 e. The summed E-state index contributed by atoms with van der Waals surface area (Å²) >= 11 is 0. The second-order valence-corrected chi connectivity index (χ2v) is 7.00. The normalized spacial score (nSPS) is 51.9. The SMILES string of the molecule is C=C1CC[C@]23C[C@@H]1C(C)(C)[C@H]2CC[C@H]3C. The van der Waals surface area contributed by atoms with Crippen LogP contribution in [0.25, 0.3) is 0 Å². The van der Waals surface area contributed by atoms with Gasteiger partial charge in [0.05, 0.1) is 0 Å².